The number of carbonyl (C=O) groups is 1. The first-order valence-corrected chi connectivity index (χ1v) is 13.8. The van der Waals surface area contributed by atoms with Gasteiger partial charge >= 0.3 is 5.97 Å². The lowest BCUT2D eigenvalue weighted by molar-refractivity contribution is 0.0606. The van der Waals surface area contributed by atoms with Crippen molar-refractivity contribution in [2.45, 2.75) is 59.0 Å². The maximum atomic E-state index is 13.5. The highest BCUT2D eigenvalue weighted by atomic mass is 79.9. The zero-order valence-electron chi connectivity index (χ0n) is 16.2. The Bertz CT molecular complexity index is 993. The number of carbonyl (C=O) groups excluding carboxylic acids is 1. The lowest BCUT2D eigenvalue weighted by atomic mass is 9.89. The summed E-state index contributed by atoms with van der Waals surface area (Å²) in [6, 6.07) is 1.35. The molecular formula is C19H23BrN2O4S3. The number of nitrogens with one attached hydrogen (secondary N) is 2. The Morgan fingerprint density at radius 2 is 2.03 bits per heavy atom. The Labute approximate surface area is 187 Å². The molecule has 29 heavy (non-hydrogen) atoms. The smallest absolute Gasteiger partial charge is 0.348 e. The molecule has 1 spiro atoms. The van der Waals surface area contributed by atoms with Gasteiger partial charge in [0.25, 0.3) is 0 Å². The standard InChI is InChI=1S/C19H23BrN2O4S3/c1-26-17(23)14-10-15(18(27-2)28-14)29(24,25)11-8-12(20)16-13(9-11)21-19(22-16)6-4-3-5-7-19/h8-10,13,16,21-22H,3-7H2,1-2H3. The van der Waals surface area contributed by atoms with Gasteiger partial charge in [-0.15, -0.1) is 23.1 Å². The Kier molecular flexibility index (Phi) is 6.04. The predicted octanol–water partition coefficient (Wildman–Crippen LogP) is 3.80. The van der Waals surface area contributed by atoms with Gasteiger partial charge in [-0.1, -0.05) is 35.2 Å². The van der Waals surface area contributed by atoms with Crippen LogP contribution in [-0.2, 0) is 14.6 Å². The molecule has 2 aliphatic carbocycles. The number of ether oxygens (including phenoxy) is 1. The van der Waals surface area contributed by atoms with Gasteiger partial charge in [-0.2, -0.15) is 0 Å². The first-order chi connectivity index (χ1) is 13.8. The van der Waals surface area contributed by atoms with E-state index >= 15 is 0 Å². The van der Waals surface area contributed by atoms with Crippen LogP contribution >= 0.6 is 39.0 Å². The summed E-state index contributed by atoms with van der Waals surface area (Å²) in [5.41, 5.74) is -0.124. The van der Waals surface area contributed by atoms with Crippen LogP contribution in [0.25, 0.3) is 0 Å². The molecule has 3 aliphatic rings. The number of halogens is 1. The number of esters is 1. The van der Waals surface area contributed by atoms with E-state index in [1.807, 2.05) is 0 Å². The summed E-state index contributed by atoms with van der Waals surface area (Å²) in [7, 11) is -2.48. The number of methoxy groups -OCH3 is 1. The zero-order chi connectivity index (χ0) is 20.8. The summed E-state index contributed by atoms with van der Waals surface area (Å²) in [4.78, 5) is 12.6. The molecule has 6 nitrogen and oxygen atoms in total. The minimum atomic E-state index is -3.77. The van der Waals surface area contributed by atoms with Gasteiger partial charge in [0.05, 0.1) is 32.8 Å². The Morgan fingerprint density at radius 1 is 1.31 bits per heavy atom. The number of rotatable bonds is 4. The average molecular weight is 520 g/mol. The van der Waals surface area contributed by atoms with Crippen LogP contribution in [0.3, 0.4) is 0 Å². The van der Waals surface area contributed by atoms with Gasteiger partial charge in [0.2, 0.25) is 9.84 Å². The molecule has 158 valence electrons. The molecule has 0 amide bonds. The molecule has 2 heterocycles. The molecule has 2 N–H and O–H groups in total. The maximum absolute atomic E-state index is 13.5. The van der Waals surface area contributed by atoms with E-state index in [1.165, 1.54) is 31.4 Å². The van der Waals surface area contributed by atoms with Gasteiger partial charge in [0.1, 0.15) is 4.88 Å². The van der Waals surface area contributed by atoms with Crippen LogP contribution in [0.15, 0.2) is 36.7 Å². The summed E-state index contributed by atoms with van der Waals surface area (Å²) in [5, 5.41) is 7.34. The molecule has 2 fully saturated rings. The highest BCUT2D eigenvalue weighted by molar-refractivity contribution is 9.11. The largest absolute Gasteiger partial charge is 0.465 e. The Morgan fingerprint density at radius 3 is 2.69 bits per heavy atom. The summed E-state index contributed by atoms with van der Waals surface area (Å²) in [6.45, 7) is 0. The van der Waals surface area contributed by atoms with E-state index in [4.69, 9.17) is 4.74 Å². The van der Waals surface area contributed by atoms with E-state index in [9.17, 15) is 13.2 Å². The molecule has 1 saturated carbocycles. The van der Waals surface area contributed by atoms with Crippen molar-refractivity contribution in [3.05, 3.63) is 32.5 Å². The molecule has 10 heteroatoms. The van der Waals surface area contributed by atoms with Crippen molar-refractivity contribution < 1.29 is 17.9 Å². The highest BCUT2D eigenvalue weighted by Gasteiger charge is 2.46. The Hall–Kier alpha value is -0.650. The second-order valence-electron chi connectivity index (χ2n) is 7.49. The van der Waals surface area contributed by atoms with Crippen molar-refractivity contribution in [3.8, 4) is 0 Å². The van der Waals surface area contributed by atoms with Gasteiger partial charge in [0, 0.05) is 10.5 Å². The number of sulfone groups is 1. The van der Waals surface area contributed by atoms with E-state index < -0.39 is 15.8 Å². The normalized spacial score (nSPS) is 26.0. The van der Waals surface area contributed by atoms with Crippen LogP contribution in [0.1, 0.15) is 41.8 Å². The molecule has 2 unspecified atom stereocenters. The fourth-order valence-corrected chi connectivity index (χ4v) is 9.11. The third kappa shape index (κ3) is 3.87. The number of allylic oxidation sites excluding steroid dienone is 1. The summed E-state index contributed by atoms with van der Waals surface area (Å²) >= 11 is 6.06. The Balaban J connectivity index is 1.69. The fraction of sp³-hybridized carbons (Fsp3) is 0.526. The maximum Gasteiger partial charge on any atom is 0.348 e. The van der Waals surface area contributed by atoms with Gasteiger partial charge in [-0.25, -0.2) is 13.2 Å². The topological polar surface area (TPSA) is 84.5 Å². The van der Waals surface area contributed by atoms with Crippen molar-refractivity contribution in [3.63, 3.8) is 0 Å². The van der Waals surface area contributed by atoms with E-state index in [-0.39, 0.29) is 32.4 Å². The molecule has 2 atom stereocenters. The molecular weight excluding hydrogens is 496 g/mol. The number of thioether (sulfide) groups is 1. The van der Waals surface area contributed by atoms with E-state index in [1.54, 1.807) is 18.4 Å². The average Bonchev–Trinajstić information content (AvgIpc) is 3.30. The molecule has 1 aromatic rings. The molecule has 4 rings (SSSR count). The van der Waals surface area contributed by atoms with Crippen LogP contribution in [0.2, 0.25) is 0 Å². The van der Waals surface area contributed by atoms with Crippen LogP contribution in [-0.4, -0.2) is 45.5 Å². The number of fused-ring (bicyclic) bond motifs is 1. The second kappa shape index (κ2) is 8.12. The fourth-order valence-electron chi connectivity index (χ4n) is 4.29. The van der Waals surface area contributed by atoms with Crippen molar-refractivity contribution in [1.82, 2.24) is 10.6 Å². The number of thiophene rings is 1. The molecule has 1 aromatic heterocycles. The van der Waals surface area contributed by atoms with Crippen LogP contribution in [0.5, 0.6) is 0 Å². The quantitative estimate of drug-likeness (QED) is 0.463. The molecule has 0 aromatic carbocycles. The summed E-state index contributed by atoms with van der Waals surface area (Å²) in [6.07, 6.45) is 11.0. The SMILES string of the molecule is COC(=O)c1cc(S(=O)(=O)C2=CC3NC4(CCCCC4)NC3C(Br)=C2)c(SC)s1. The van der Waals surface area contributed by atoms with Crippen molar-refractivity contribution in [2.75, 3.05) is 13.4 Å². The van der Waals surface area contributed by atoms with Gasteiger partial charge in [-0.05, 0) is 37.3 Å². The first kappa shape index (κ1) is 21.6. The molecule has 1 saturated heterocycles. The molecule has 0 radical (unpaired) electrons. The van der Waals surface area contributed by atoms with Crippen LogP contribution in [0, 0.1) is 0 Å². The molecule has 1 aliphatic heterocycles. The summed E-state index contributed by atoms with van der Waals surface area (Å²) < 4.78 is 33.1. The lowest BCUT2D eigenvalue weighted by Gasteiger charge is -2.34. The third-order valence-electron chi connectivity index (χ3n) is 5.70. The second-order valence-corrected chi connectivity index (χ2v) is 12.5. The minimum Gasteiger partial charge on any atom is -0.465 e. The van der Waals surface area contributed by atoms with Gasteiger partial charge in [0.15, 0.2) is 0 Å². The number of hydrogen-bond acceptors (Lipinski definition) is 8. The van der Waals surface area contributed by atoms with Gasteiger partial charge in [-0.3, -0.25) is 10.6 Å². The monoisotopic (exact) mass is 518 g/mol. The minimum absolute atomic E-state index is 0.0279. The zero-order valence-corrected chi connectivity index (χ0v) is 20.2. The predicted molar refractivity (Wildman–Crippen MR) is 119 cm³/mol. The van der Waals surface area contributed by atoms with Crippen LogP contribution in [0.4, 0.5) is 0 Å². The lowest BCUT2D eigenvalue weighted by Crippen LogP contribution is -2.51. The van der Waals surface area contributed by atoms with Gasteiger partial charge < -0.3 is 4.74 Å². The summed E-state index contributed by atoms with van der Waals surface area (Å²) in [5.74, 6) is -0.526. The number of hydrogen-bond donors (Lipinski definition) is 2. The van der Waals surface area contributed by atoms with E-state index in [0.717, 1.165) is 41.5 Å². The van der Waals surface area contributed by atoms with E-state index in [2.05, 4.69) is 26.6 Å². The first-order valence-electron chi connectivity index (χ1n) is 9.45. The van der Waals surface area contributed by atoms with Crippen molar-refractivity contribution in [1.29, 1.82) is 0 Å². The third-order valence-corrected chi connectivity index (χ3v) is 10.7. The van der Waals surface area contributed by atoms with Crippen molar-refractivity contribution >= 4 is 54.8 Å². The van der Waals surface area contributed by atoms with Crippen molar-refractivity contribution in [2.24, 2.45) is 0 Å². The highest BCUT2D eigenvalue weighted by Crippen LogP contribution is 2.41. The van der Waals surface area contributed by atoms with Crippen LogP contribution < -0.4 is 10.6 Å². The van der Waals surface area contributed by atoms with E-state index in [0.29, 0.717) is 4.21 Å². The molecule has 0 bridgehead atoms.